The van der Waals surface area contributed by atoms with Gasteiger partial charge in [-0.1, -0.05) is 23.7 Å². The third-order valence-electron chi connectivity index (χ3n) is 3.35. The van der Waals surface area contributed by atoms with Crippen molar-refractivity contribution in [2.45, 2.75) is 6.61 Å². The second kappa shape index (κ2) is 7.25. The SMILES string of the molecule is O=C1NC(=O)/C(=C/c2cc(Cl)c(OCc3ccc(F)cc3)c(Br)c2)N1. The van der Waals surface area contributed by atoms with Crippen LogP contribution in [0.1, 0.15) is 11.1 Å². The van der Waals surface area contributed by atoms with Crippen molar-refractivity contribution in [3.05, 3.63) is 68.5 Å². The highest BCUT2D eigenvalue weighted by molar-refractivity contribution is 9.10. The van der Waals surface area contributed by atoms with Gasteiger partial charge in [0.05, 0.1) is 9.50 Å². The molecule has 0 spiro atoms. The van der Waals surface area contributed by atoms with Crippen LogP contribution in [0.5, 0.6) is 5.75 Å². The molecule has 3 rings (SSSR count). The predicted molar refractivity (Wildman–Crippen MR) is 94.5 cm³/mol. The number of hydrogen-bond acceptors (Lipinski definition) is 3. The Morgan fingerprint density at radius 2 is 1.88 bits per heavy atom. The standard InChI is InChI=1S/C17H11BrClFN2O3/c18-12-5-10(7-14-16(23)22-17(24)21-14)6-13(19)15(12)25-8-9-1-3-11(20)4-2-9/h1-7H,8H2,(H2,21,22,23,24)/b14-7-. The lowest BCUT2D eigenvalue weighted by atomic mass is 10.2. The van der Waals surface area contributed by atoms with Crippen LogP contribution in [0.25, 0.3) is 6.08 Å². The summed E-state index contributed by atoms with van der Waals surface area (Å²) in [6.45, 7) is 0.220. The van der Waals surface area contributed by atoms with Gasteiger partial charge >= 0.3 is 6.03 Å². The molecule has 2 N–H and O–H groups in total. The van der Waals surface area contributed by atoms with E-state index < -0.39 is 11.9 Å². The minimum Gasteiger partial charge on any atom is -0.486 e. The zero-order valence-corrected chi connectivity index (χ0v) is 14.9. The van der Waals surface area contributed by atoms with Crippen LogP contribution < -0.4 is 15.4 Å². The third-order valence-corrected chi connectivity index (χ3v) is 4.22. The summed E-state index contributed by atoms with van der Waals surface area (Å²) in [5.41, 5.74) is 1.53. The lowest BCUT2D eigenvalue weighted by Crippen LogP contribution is -2.22. The Balaban J connectivity index is 1.78. The first kappa shape index (κ1) is 17.4. The first-order valence-electron chi connectivity index (χ1n) is 7.12. The largest absolute Gasteiger partial charge is 0.486 e. The molecule has 0 aliphatic carbocycles. The highest BCUT2D eigenvalue weighted by Gasteiger charge is 2.23. The van der Waals surface area contributed by atoms with E-state index in [4.69, 9.17) is 16.3 Å². The van der Waals surface area contributed by atoms with E-state index in [9.17, 15) is 14.0 Å². The molecular weight excluding hydrogens is 415 g/mol. The molecule has 0 radical (unpaired) electrons. The molecule has 1 aliphatic rings. The highest BCUT2D eigenvalue weighted by atomic mass is 79.9. The quantitative estimate of drug-likeness (QED) is 0.575. The number of urea groups is 1. The fraction of sp³-hybridized carbons (Fsp3) is 0.0588. The predicted octanol–water partition coefficient (Wildman–Crippen LogP) is 4.00. The summed E-state index contributed by atoms with van der Waals surface area (Å²) >= 11 is 9.62. The molecule has 5 nitrogen and oxygen atoms in total. The highest BCUT2D eigenvalue weighted by Crippen LogP contribution is 2.35. The molecule has 0 bridgehead atoms. The van der Waals surface area contributed by atoms with Gasteiger partial charge in [-0.05, 0) is 57.4 Å². The van der Waals surface area contributed by atoms with Gasteiger partial charge in [-0.3, -0.25) is 10.1 Å². The van der Waals surface area contributed by atoms with E-state index in [1.54, 1.807) is 24.3 Å². The minimum atomic E-state index is -0.569. The Bertz CT molecular complexity index is 861. The van der Waals surface area contributed by atoms with Crippen molar-refractivity contribution in [2.24, 2.45) is 0 Å². The number of carbonyl (C=O) groups is 2. The summed E-state index contributed by atoms with van der Waals surface area (Å²) in [5.74, 6) is -0.398. The molecule has 1 aliphatic heterocycles. The fourth-order valence-electron chi connectivity index (χ4n) is 2.19. The molecule has 0 saturated carbocycles. The number of imide groups is 1. The molecule has 0 atom stereocenters. The summed E-state index contributed by atoms with van der Waals surface area (Å²) in [5, 5.41) is 4.84. The van der Waals surface area contributed by atoms with Gasteiger partial charge in [-0.25, -0.2) is 9.18 Å². The van der Waals surface area contributed by atoms with Crippen LogP contribution in [-0.2, 0) is 11.4 Å². The van der Waals surface area contributed by atoms with E-state index in [1.165, 1.54) is 18.2 Å². The van der Waals surface area contributed by atoms with Gasteiger partial charge in [0.15, 0.2) is 5.75 Å². The summed E-state index contributed by atoms with van der Waals surface area (Å²) in [4.78, 5) is 22.7. The zero-order chi connectivity index (χ0) is 18.0. The van der Waals surface area contributed by atoms with E-state index in [2.05, 4.69) is 26.6 Å². The molecular formula is C17H11BrClFN2O3. The zero-order valence-electron chi connectivity index (χ0n) is 12.6. The normalized spacial score (nSPS) is 15.2. The van der Waals surface area contributed by atoms with Crippen molar-refractivity contribution in [1.29, 1.82) is 0 Å². The molecule has 1 fully saturated rings. The number of carbonyl (C=O) groups excluding carboxylic acids is 2. The number of amides is 3. The second-order valence-electron chi connectivity index (χ2n) is 5.20. The Hall–Kier alpha value is -2.38. The summed E-state index contributed by atoms with van der Waals surface area (Å²) < 4.78 is 19.2. The summed E-state index contributed by atoms with van der Waals surface area (Å²) in [7, 11) is 0. The van der Waals surface area contributed by atoms with Gasteiger partial charge in [0.1, 0.15) is 18.1 Å². The average molecular weight is 426 g/mol. The number of hydrogen-bond donors (Lipinski definition) is 2. The maximum atomic E-state index is 12.9. The van der Waals surface area contributed by atoms with E-state index in [0.29, 0.717) is 20.8 Å². The van der Waals surface area contributed by atoms with Crippen LogP contribution in [-0.4, -0.2) is 11.9 Å². The van der Waals surface area contributed by atoms with Gasteiger partial charge in [0, 0.05) is 0 Å². The number of halogens is 3. The van der Waals surface area contributed by atoms with E-state index >= 15 is 0 Å². The van der Waals surface area contributed by atoms with Crippen LogP contribution in [0.3, 0.4) is 0 Å². The molecule has 0 aromatic heterocycles. The molecule has 2 aromatic carbocycles. The van der Waals surface area contributed by atoms with Crippen LogP contribution in [0.15, 0.2) is 46.6 Å². The topological polar surface area (TPSA) is 67.4 Å². The smallest absolute Gasteiger partial charge is 0.326 e. The van der Waals surface area contributed by atoms with Crippen molar-refractivity contribution < 1.29 is 18.7 Å². The van der Waals surface area contributed by atoms with Gasteiger partial charge in [-0.2, -0.15) is 0 Å². The molecule has 2 aromatic rings. The lowest BCUT2D eigenvalue weighted by Gasteiger charge is -2.11. The van der Waals surface area contributed by atoms with Crippen LogP contribution in [0.2, 0.25) is 5.02 Å². The number of benzene rings is 2. The molecule has 0 unspecified atom stereocenters. The van der Waals surface area contributed by atoms with Crippen LogP contribution >= 0.6 is 27.5 Å². The minimum absolute atomic E-state index is 0.132. The van der Waals surface area contributed by atoms with Crippen LogP contribution in [0, 0.1) is 5.82 Å². The van der Waals surface area contributed by atoms with Crippen molar-refractivity contribution in [2.75, 3.05) is 0 Å². The van der Waals surface area contributed by atoms with E-state index in [0.717, 1.165) is 5.56 Å². The molecule has 128 valence electrons. The first-order valence-corrected chi connectivity index (χ1v) is 8.30. The second-order valence-corrected chi connectivity index (χ2v) is 6.46. The van der Waals surface area contributed by atoms with E-state index in [1.807, 2.05) is 0 Å². The maximum Gasteiger partial charge on any atom is 0.326 e. The molecule has 1 saturated heterocycles. The number of rotatable bonds is 4. The molecule has 3 amide bonds. The van der Waals surface area contributed by atoms with Crippen molar-refractivity contribution in [3.8, 4) is 5.75 Å². The van der Waals surface area contributed by atoms with E-state index in [-0.39, 0.29) is 18.1 Å². The molecule has 1 heterocycles. The molecule has 25 heavy (non-hydrogen) atoms. The lowest BCUT2D eigenvalue weighted by molar-refractivity contribution is -0.115. The Kier molecular flexibility index (Phi) is 5.06. The monoisotopic (exact) mass is 424 g/mol. The Morgan fingerprint density at radius 1 is 1.16 bits per heavy atom. The molecule has 8 heteroatoms. The maximum absolute atomic E-state index is 12.9. The van der Waals surface area contributed by atoms with Gasteiger partial charge < -0.3 is 10.1 Å². The number of nitrogens with one attached hydrogen (secondary N) is 2. The fourth-order valence-corrected chi connectivity index (χ4v) is 3.17. The first-order chi connectivity index (χ1) is 11.9. The van der Waals surface area contributed by atoms with Gasteiger partial charge in [-0.15, -0.1) is 0 Å². The summed E-state index contributed by atoms with van der Waals surface area (Å²) in [6, 6.07) is 8.69. The van der Waals surface area contributed by atoms with Crippen molar-refractivity contribution >= 4 is 45.5 Å². The number of ether oxygens (including phenoxy) is 1. The average Bonchev–Trinajstić information content (AvgIpc) is 2.86. The third kappa shape index (κ3) is 4.18. The van der Waals surface area contributed by atoms with Gasteiger partial charge in [0.2, 0.25) is 0 Å². The van der Waals surface area contributed by atoms with Gasteiger partial charge in [0.25, 0.3) is 5.91 Å². The van der Waals surface area contributed by atoms with Crippen LogP contribution in [0.4, 0.5) is 9.18 Å². The Morgan fingerprint density at radius 3 is 2.48 bits per heavy atom. The van der Waals surface area contributed by atoms with Crippen molar-refractivity contribution in [3.63, 3.8) is 0 Å². The van der Waals surface area contributed by atoms with Crippen molar-refractivity contribution in [1.82, 2.24) is 10.6 Å². The Labute approximate surface area is 155 Å². The summed E-state index contributed by atoms with van der Waals surface area (Å²) in [6.07, 6.45) is 1.50.